The van der Waals surface area contributed by atoms with Gasteiger partial charge in [0, 0.05) is 26.8 Å². The number of hydrogen-bond acceptors (Lipinski definition) is 4. The van der Waals surface area contributed by atoms with Crippen molar-refractivity contribution in [1.82, 2.24) is 4.98 Å². The number of rotatable bonds is 5. The number of anilines is 1. The lowest BCUT2D eigenvalue weighted by Crippen LogP contribution is -2.07. The molecule has 5 aromatic rings. The highest BCUT2D eigenvalue weighted by Gasteiger charge is 2.13. The number of benzene rings is 3. The third-order valence-electron chi connectivity index (χ3n) is 5.04. The van der Waals surface area contributed by atoms with Crippen molar-refractivity contribution in [1.29, 1.82) is 0 Å². The molecule has 0 aliphatic carbocycles. The number of oxazole rings is 1. The first-order chi connectivity index (χ1) is 16.9. The van der Waals surface area contributed by atoms with Gasteiger partial charge in [-0.3, -0.25) is 4.79 Å². The van der Waals surface area contributed by atoms with E-state index in [1.807, 2.05) is 12.1 Å². The summed E-state index contributed by atoms with van der Waals surface area (Å²) < 4.78 is 12.5. The topological polar surface area (TPSA) is 68.3 Å². The lowest BCUT2D eigenvalue weighted by atomic mass is 10.2. The van der Waals surface area contributed by atoms with Crippen LogP contribution in [0.1, 0.15) is 5.76 Å². The molecule has 0 spiro atoms. The van der Waals surface area contributed by atoms with Gasteiger partial charge in [-0.25, -0.2) is 4.98 Å². The summed E-state index contributed by atoms with van der Waals surface area (Å²) in [4.78, 5) is 17.0. The van der Waals surface area contributed by atoms with Crippen LogP contribution < -0.4 is 5.32 Å². The van der Waals surface area contributed by atoms with Crippen molar-refractivity contribution in [2.75, 3.05) is 5.32 Å². The summed E-state index contributed by atoms with van der Waals surface area (Å²) in [6.07, 6.45) is 2.95. The fourth-order valence-corrected chi connectivity index (χ4v) is 4.46. The first-order valence-corrected chi connectivity index (χ1v) is 12.2. The van der Waals surface area contributed by atoms with Crippen LogP contribution >= 0.6 is 50.7 Å². The summed E-state index contributed by atoms with van der Waals surface area (Å²) in [6, 6.07) is 19.3. The standard InChI is InChI=1S/C26H14BrCl3N2O3/c27-14-1-7-20(29)19(11-14)26-32-22-13-16(3-8-24(22)35-26)31-25(33)10-5-17-4-9-23(34-17)18-6-2-15(28)12-21(18)30/h1-13H,(H,31,33)/b10-5+. The van der Waals surface area contributed by atoms with E-state index in [1.165, 1.54) is 6.08 Å². The molecule has 0 saturated heterocycles. The maximum atomic E-state index is 12.5. The van der Waals surface area contributed by atoms with Gasteiger partial charge < -0.3 is 14.2 Å². The monoisotopic (exact) mass is 586 g/mol. The molecular weight excluding hydrogens is 575 g/mol. The van der Waals surface area contributed by atoms with Crippen molar-refractivity contribution >= 4 is 79.5 Å². The van der Waals surface area contributed by atoms with Crippen LogP contribution in [-0.4, -0.2) is 10.9 Å². The van der Waals surface area contributed by atoms with Gasteiger partial charge in [-0.2, -0.15) is 0 Å². The molecule has 0 radical (unpaired) electrons. The maximum absolute atomic E-state index is 12.5. The lowest BCUT2D eigenvalue weighted by Gasteiger charge is -2.01. The highest BCUT2D eigenvalue weighted by molar-refractivity contribution is 9.10. The van der Waals surface area contributed by atoms with Gasteiger partial charge >= 0.3 is 0 Å². The number of aromatic nitrogens is 1. The van der Waals surface area contributed by atoms with E-state index in [0.717, 1.165) is 4.47 Å². The zero-order valence-electron chi connectivity index (χ0n) is 17.7. The molecule has 0 fully saturated rings. The Morgan fingerprint density at radius 1 is 0.886 bits per heavy atom. The number of nitrogens with one attached hydrogen (secondary N) is 1. The highest BCUT2D eigenvalue weighted by Crippen LogP contribution is 2.33. The normalized spacial score (nSPS) is 11.4. The van der Waals surface area contributed by atoms with Crippen LogP contribution in [0.4, 0.5) is 5.69 Å². The predicted molar refractivity (Wildman–Crippen MR) is 144 cm³/mol. The molecule has 0 atom stereocenters. The summed E-state index contributed by atoms with van der Waals surface area (Å²) in [5, 5.41) is 4.36. The third kappa shape index (κ3) is 5.31. The lowest BCUT2D eigenvalue weighted by molar-refractivity contribution is -0.111. The molecule has 0 aliphatic heterocycles. The minimum atomic E-state index is -0.328. The second-order valence-corrected chi connectivity index (χ2v) is 9.64. The zero-order chi connectivity index (χ0) is 24.5. The van der Waals surface area contributed by atoms with Crippen molar-refractivity contribution in [3.8, 4) is 22.8 Å². The van der Waals surface area contributed by atoms with Gasteiger partial charge in [-0.05, 0) is 72.8 Å². The average molecular weight is 589 g/mol. The van der Waals surface area contributed by atoms with E-state index in [2.05, 4.69) is 26.2 Å². The minimum absolute atomic E-state index is 0.328. The quantitative estimate of drug-likeness (QED) is 0.208. The van der Waals surface area contributed by atoms with Crippen LogP contribution in [0.25, 0.3) is 40.0 Å². The molecule has 0 bridgehead atoms. The molecule has 174 valence electrons. The van der Waals surface area contributed by atoms with Gasteiger partial charge in [0.15, 0.2) is 5.58 Å². The third-order valence-corrected chi connectivity index (χ3v) is 6.41. The molecule has 35 heavy (non-hydrogen) atoms. The van der Waals surface area contributed by atoms with E-state index in [4.69, 9.17) is 43.6 Å². The summed E-state index contributed by atoms with van der Waals surface area (Å²) in [6.45, 7) is 0. The number of carbonyl (C=O) groups excluding carboxylic acids is 1. The molecule has 9 heteroatoms. The zero-order valence-corrected chi connectivity index (χ0v) is 21.5. The molecule has 0 unspecified atom stereocenters. The van der Waals surface area contributed by atoms with Gasteiger partial charge in [0.1, 0.15) is 17.0 Å². The number of halogens is 4. The Morgan fingerprint density at radius 2 is 1.74 bits per heavy atom. The smallest absolute Gasteiger partial charge is 0.248 e. The highest BCUT2D eigenvalue weighted by atomic mass is 79.9. The fourth-order valence-electron chi connectivity index (χ4n) is 3.40. The van der Waals surface area contributed by atoms with E-state index in [-0.39, 0.29) is 5.91 Å². The van der Waals surface area contributed by atoms with Crippen LogP contribution in [0.3, 0.4) is 0 Å². The summed E-state index contributed by atoms with van der Waals surface area (Å²) in [7, 11) is 0. The Balaban J connectivity index is 1.30. The maximum Gasteiger partial charge on any atom is 0.248 e. The van der Waals surface area contributed by atoms with E-state index in [9.17, 15) is 4.79 Å². The first-order valence-electron chi connectivity index (χ1n) is 10.3. The molecule has 0 saturated carbocycles. The van der Waals surface area contributed by atoms with Crippen molar-refractivity contribution in [2.45, 2.75) is 0 Å². The predicted octanol–water partition coefficient (Wildman–Crippen LogP) is 9.13. The van der Waals surface area contributed by atoms with Crippen molar-refractivity contribution < 1.29 is 13.6 Å². The number of amides is 1. The van der Waals surface area contributed by atoms with E-state index in [1.54, 1.807) is 60.7 Å². The second kappa shape index (κ2) is 9.91. The Morgan fingerprint density at radius 3 is 2.57 bits per heavy atom. The minimum Gasteiger partial charge on any atom is -0.457 e. The van der Waals surface area contributed by atoms with Crippen LogP contribution in [0.2, 0.25) is 15.1 Å². The molecule has 1 amide bonds. The molecule has 3 aromatic carbocycles. The Labute approximate surface area is 223 Å². The summed E-state index contributed by atoms with van der Waals surface area (Å²) in [5.74, 6) is 1.14. The second-order valence-electron chi connectivity index (χ2n) is 7.47. The molecule has 1 N–H and O–H groups in total. The number of hydrogen-bond donors (Lipinski definition) is 1. The Hall–Kier alpha value is -3.03. The molecular formula is C26H14BrCl3N2O3. The summed E-state index contributed by atoms with van der Waals surface area (Å²) >= 11 is 21.9. The number of fused-ring (bicyclic) bond motifs is 1. The first kappa shape index (κ1) is 23.7. The van der Waals surface area contributed by atoms with Gasteiger partial charge in [0.25, 0.3) is 0 Å². The van der Waals surface area contributed by atoms with Crippen molar-refractivity contribution in [3.05, 3.63) is 98.1 Å². The van der Waals surface area contributed by atoms with Crippen molar-refractivity contribution in [2.24, 2.45) is 0 Å². The summed E-state index contributed by atoms with van der Waals surface area (Å²) in [5.41, 5.74) is 3.12. The van der Waals surface area contributed by atoms with E-state index < -0.39 is 0 Å². The SMILES string of the molecule is O=C(/C=C/c1ccc(-c2ccc(Cl)cc2Cl)o1)Nc1ccc2oc(-c3cc(Br)ccc3Cl)nc2c1. The Bertz CT molecular complexity index is 1610. The number of carbonyl (C=O) groups is 1. The average Bonchev–Trinajstić information content (AvgIpc) is 3.46. The van der Waals surface area contributed by atoms with Crippen LogP contribution in [0, 0.1) is 0 Å². The molecule has 5 rings (SSSR count). The number of furan rings is 1. The van der Waals surface area contributed by atoms with Crippen molar-refractivity contribution in [3.63, 3.8) is 0 Å². The largest absolute Gasteiger partial charge is 0.457 e. The van der Waals surface area contributed by atoms with Crippen LogP contribution in [0.5, 0.6) is 0 Å². The number of nitrogens with zero attached hydrogens (tertiary/aromatic N) is 1. The molecule has 2 aromatic heterocycles. The van der Waals surface area contributed by atoms with E-state index in [0.29, 0.717) is 60.4 Å². The van der Waals surface area contributed by atoms with Crippen LogP contribution in [0.15, 0.2) is 86.1 Å². The van der Waals surface area contributed by atoms with Crippen LogP contribution in [-0.2, 0) is 4.79 Å². The van der Waals surface area contributed by atoms with Gasteiger partial charge in [0.2, 0.25) is 11.8 Å². The molecule has 0 aliphatic rings. The fraction of sp³-hybridized carbons (Fsp3) is 0. The van der Waals surface area contributed by atoms with Gasteiger partial charge in [-0.1, -0.05) is 50.7 Å². The molecule has 5 nitrogen and oxygen atoms in total. The van der Waals surface area contributed by atoms with E-state index >= 15 is 0 Å². The molecule has 2 heterocycles. The van der Waals surface area contributed by atoms with Gasteiger partial charge in [-0.15, -0.1) is 0 Å². The van der Waals surface area contributed by atoms with Gasteiger partial charge in [0.05, 0.1) is 15.6 Å². The Kier molecular flexibility index (Phi) is 6.71.